The summed E-state index contributed by atoms with van der Waals surface area (Å²) < 4.78 is 48.1. The Balaban J connectivity index is 1.69. The number of methoxy groups -OCH3 is 1. The summed E-state index contributed by atoms with van der Waals surface area (Å²) in [5.74, 6) is 1.01. The first kappa shape index (κ1) is 19.7. The minimum Gasteiger partial charge on any atom is -0.384 e. The van der Waals surface area contributed by atoms with Crippen molar-refractivity contribution in [3.8, 4) is 0 Å². The summed E-state index contributed by atoms with van der Waals surface area (Å²) in [6.45, 7) is 2.07. The summed E-state index contributed by atoms with van der Waals surface area (Å²) in [5.41, 5.74) is -0.932. The Bertz CT molecular complexity index is 756. The lowest BCUT2D eigenvalue weighted by molar-refractivity contribution is -0.141. The molecule has 11 heteroatoms. The van der Waals surface area contributed by atoms with Gasteiger partial charge in [-0.3, -0.25) is 0 Å². The molecule has 0 bridgehead atoms. The number of alkyl halides is 3. The molecular formula is C16H21F3N6OS. The van der Waals surface area contributed by atoms with Crippen LogP contribution < -0.4 is 9.80 Å². The Labute approximate surface area is 159 Å². The van der Waals surface area contributed by atoms with Crippen molar-refractivity contribution in [2.75, 3.05) is 43.7 Å². The summed E-state index contributed by atoms with van der Waals surface area (Å²) >= 11 is 1.34. The zero-order valence-corrected chi connectivity index (χ0v) is 15.9. The lowest BCUT2D eigenvalue weighted by Gasteiger charge is -2.37. The Morgan fingerprint density at radius 3 is 2.93 bits per heavy atom. The van der Waals surface area contributed by atoms with E-state index in [1.165, 1.54) is 11.5 Å². The van der Waals surface area contributed by atoms with Gasteiger partial charge >= 0.3 is 6.18 Å². The number of likely N-dealkylation sites (N-methyl/N-ethyl adjacent to an activating group) is 1. The summed E-state index contributed by atoms with van der Waals surface area (Å²) in [6, 6.07) is 1.02. The first-order valence-electron chi connectivity index (χ1n) is 8.57. The SMILES string of the molecule is COCCc1nsc(N2CCCC(N(C)c3cc(C(F)(F)F)ncn3)C2)n1. The number of hydrogen-bond donors (Lipinski definition) is 0. The van der Waals surface area contributed by atoms with Gasteiger partial charge in [0.2, 0.25) is 5.13 Å². The van der Waals surface area contributed by atoms with Gasteiger partial charge in [0.05, 0.1) is 6.61 Å². The average Bonchev–Trinajstić information content (AvgIpc) is 3.14. The molecule has 0 aromatic carbocycles. The highest BCUT2D eigenvalue weighted by molar-refractivity contribution is 7.09. The number of hydrogen-bond acceptors (Lipinski definition) is 8. The number of aromatic nitrogens is 4. The van der Waals surface area contributed by atoms with Gasteiger partial charge < -0.3 is 14.5 Å². The van der Waals surface area contributed by atoms with E-state index in [0.717, 1.165) is 42.7 Å². The molecule has 0 amide bonds. The summed E-state index contributed by atoms with van der Waals surface area (Å²) in [5, 5.41) is 0.831. The molecule has 0 saturated carbocycles. The Morgan fingerprint density at radius 2 is 2.19 bits per heavy atom. The van der Waals surface area contributed by atoms with Crippen LogP contribution in [0.2, 0.25) is 0 Å². The van der Waals surface area contributed by atoms with Crippen molar-refractivity contribution >= 4 is 22.5 Å². The van der Waals surface area contributed by atoms with Crippen LogP contribution in [0.5, 0.6) is 0 Å². The second-order valence-electron chi connectivity index (χ2n) is 6.35. The second-order valence-corrected chi connectivity index (χ2v) is 7.08. The third-order valence-corrected chi connectivity index (χ3v) is 5.32. The molecule has 0 aliphatic carbocycles. The van der Waals surface area contributed by atoms with Crippen LogP contribution in [-0.4, -0.2) is 59.2 Å². The van der Waals surface area contributed by atoms with Gasteiger partial charge in [-0.2, -0.15) is 17.5 Å². The van der Waals surface area contributed by atoms with Crippen LogP contribution in [-0.2, 0) is 17.3 Å². The molecule has 1 fully saturated rings. The van der Waals surface area contributed by atoms with Crippen molar-refractivity contribution in [2.45, 2.75) is 31.5 Å². The minimum absolute atomic E-state index is 0.0288. The zero-order chi connectivity index (χ0) is 19.4. The molecule has 7 nitrogen and oxygen atoms in total. The molecule has 0 radical (unpaired) electrons. The van der Waals surface area contributed by atoms with E-state index in [-0.39, 0.29) is 11.9 Å². The van der Waals surface area contributed by atoms with Crippen LogP contribution in [0.4, 0.5) is 24.1 Å². The van der Waals surface area contributed by atoms with Crippen LogP contribution in [0.15, 0.2) is 12.4 Å². The first-order chi connectivity index (χ1) is 12.9. The van der Waals surface area contributed by atoms with Gasteiger partial charge in [-0.1, -0.05) is 0 Å². The number of anilines is 2. The highest BCUT2D eigenvalue weighted by Gasteiger charge is 2.34. The maximum Gasteiger partial charge on any atom is 0.433 e. The van der Waals surface area contributed by atoms with Gasteiger partial charge in [0.1, 0.15) is 23.7 Å². The van der Waals surface area contributed by atoms with Gasteiger partial charge in [0, 0.05) is 57.3 Å². The van der Waals surface area contributed by atoms with E-state index in [1.807, 2.05) is 0 Å². The van der Waals surface area contributed by atoms with Crippen LogP contribution in [0.1, 0.15) is 24.4 Å². The van der Waals surface area contributed by atoms with E-state index in [9.17, 15) is 13.2 Å². The fourth-order valence-electron chi connectivity index (χ4n) is 2.99. The lowest BCUT2D eigenvalue weighted by Crippen LogP contribution is -2.47. The molecule has 3 rings (SSSR count). The third kappa shape index (κ3) is 4.83. The molecule has 148 valence electrons. The van der Waals surface area contributed by atoms with Gasteiger partial charge in [0.15, 0.2) is 0 Å². The first-order valence-corrected chi connectivity index (χ1v) is 9.34. The van der Waals surface area contributed by atoms with Gasteiger partial charge in [0.25, 0.3) is 0 Å². The smallest absolute Gasteiger partial charge is 0.384 e. The predicted octanol–water partition coefficient (Wildman–Crippen LogP) is 2.64. The quantitative estimate of drug-likeness (QED) is 0.736. The largest absolute Gasteiger partial charge is 0.433 e. The summed E-state index contributed by atoms with van der Waals surface area (Å²) in [7, 11) is 3.40. The predicted molar refractivity (Wildman–Crippen MR) is 96.2 cm³/mol. The molecule has 0 spiro atoms. The molecule has 27 heavy (non-hydrogen) atoms. The van der Waals surface area contributed by atoms with Crippen molar-refractivity contribution in [3.05, 3.63) is 23.9 Å². The monoisotopic (exact) mass is 402 g/mol. The fourth-order valence-corrected chi connectivity index (χ4v) is 3.74. The number of rotatable bonds is 6. The van der Waals surface area contributed by atoms with E-state index in [4.69, 9.17) is 4.74 Å². The topological polar surface area (TPSA) is 67.3 Å². The van der Waals surface area contributed by atoms with E-state index in [1.54, 1.807) is 19.1 Å². The molecule has 1 aliphatic rings. The van der Waals surface area contributed by atoms with Gasteiger partial charge in [-0.25, -0.2) is 15.0 Å². The van der Waals surface area contributed by atoms with Crippen LogP contribution >= 0.6 is 11.5 Å². The standard InChI is InChI=1S/C16H21F3N6OS/c1-24(14-8-12(16(17,18)19)20-10-21-14)11-4-3-6-25(9-11)15-22-13(23-27-15)5-7-26-2/h8,10-11H,3-7,9H2,1-2H3. The van der Waals surface area contributed by atoms with Crippen LogP contribution in [0.3, 0.4) is 0 Å². The molecule has 1 atom stereocenters. The highest BCUT2D eigenvalue weighted by Crippen LogP contribution is 2.30. The molecule has 1 saturated heterocycles. The number of ether oxygens (including phenoxy) is 1. The molecule has 2 aromatic rings. The van der Waals surface area contributed by atoms with Crippen molar-refractivity contribution in [3.63, 3.8) is 0 Å². The maximum atomic E-state index is 12.9. The summed E-state index contributed by atoms with van der Waals surface area (Å²) in [4.78, 5) is 15.8. The molecule has 1 unspecified atom stereocenters. The lowest BCUT2D eigenvalue weighted by atomic mass is 10.0. The van der Waals surface area contributed by atoms with E-state index in [0.29, 0.717) is 19.6 Å². The van der Waals surface area contributed by atoms with Gasteiger partial charge in [-0.15, -0.1) is 0 Å². The van der Waals surface area contributed by atoms with Crippen molar-refractivity contribution in [1.82, 2.24) is 19.3 Å². The normalized spacial score (nSPS) is 18.0. The highest BCUT2D eigenvalue weighted by atomic mass is 32.1. The van der Waals surface area contributed by atoms with E-state index in [2.05, 4.69) is 24.2 Å². The van der Waals surface area contributed by atoms with E-state index < -0.39 is 11.9 Å². The van der Waals surface area contributed by atoms with Crippen LogP contribution in [0.25, 0.3) is 0 Å². The number of piperidine rings is 1. The number of halogens is 3. The van der Waals surface area contributed by atoms with Gasteiger partial charge in [-0.05, 0) is 12.8 Å². The summed E-state index contributed by atoms with van der Waals surface area (Å²) in [6.07, 6.45) is -1.08. The molecule has 0 N–H and O–H groups in total. The van der Waals surface area contributed by atoms with E-state index >= 15 is 0 Å². The minimum atomic E-state index is -4.48. The van der Waals surface area contributed by atoms with Crippen molar-refractivity contribution in [2.24, 2.45) is 0 Å². The van der Waals surface area contributed by atoms with Crippen molar-refractivity contribution < 1.29 is 17.9 Å². The third-order valence-electron chi connectivity index (χ3n) is 4.51. The van der Waals surface area contributed by atoms with Crippen molar-refractivity contribution in [1.29, 1.82) is 0 Å². The Kier molecular flexibility index (Phi) is 6.10. The Morgan fingerprint density at radius 1 is 1.37 bits per heavy atom. The number of nitrogens with zero attached hydrogens (tertiary/aromatic N) is 6. The average molecular weight is 402 g/mol. The molecule has 3 heterocycles. The second kappa shape index (κ2) is 8.34. The molecule has 1 aliphatic heterocycles. The fraction of sp³-hybridized carbons (Fsp3) is 0.625. The molecule has 2 aromatic heterocycles. The maximum absolute atomic E-state index is 12.9. The van der Waals surface area contributed by atoms with Crippen LogP contribution in [0, 0.1) is 0 Å². The molecular weight excluding hydrogens is 381 g/mol. The Hall–Kier alpha value is -2.01. The zero-order valence-electron chi connectivity index (χ0n) is 15.1.